The molecule has 3 rings (SSSR count). The zero-order valence-corrected chi connectivity index (χ0v) is 18.7. The van der Waals surface area contributed by atoms with E-state index in [2.05, 4.69) is 0 Å². The Labute approximate surface area is 198 Å². The van der Waals surface area contributed by atoms with Gasteiger partial charge < -0.3 is 0 Å². The fraction of sp³-hybridized carbons (Fsp3) is 0. The Hall–Kier alpha value is -1.58. The van der Waals surface area contributed by atoms with E-state index in [1.165, 1.54) is 72.8 Å². The summed E-state index contributed by atoms with van der Waals surface area (Å²) >= 11 is 0. The first-order valence-electron chi connectivity index (χ1n) is 8.30. The second-order valence-electron chi connectivity index (χ2n) is 6.24. The van der Waals surface area contributed by atoms with Crippen LogP contribution in [0.5, 0.6) is 0 Å². The molecule has 0 aliphatic carbocycles. The molecule has 0 saturated heterocycles. The molecule has 0 radical (unpaired) electrons. The van der Waals surface area contributed by atoms with Crippen LogP contribution in [0, 0.1) is 0 Å². The fourth-order valence-electron chi connectivity index (χ4n) is 2.75. The van der Waals surface area contributed by atoms with Crippen molar-refractivity contribution in [2.45, 2.75) is 14.7 Å². The molecule has 3 aromatic carbocycles. The fourth-order valence-corrected chi connectivity index (χ4v) is 6.42. The van der Waals surface area contributed by atoms with E-state index in [4.69, 9.17) is 0 Å². The summed E-state index contributed by atoms with van der Waals surface area (Å²) in [6, 6.07) is 16.1. The molecule has 166 valence electrons. The van der Waals surface area contributed by atoms with Crippen molar-refractivity contribution >= 4 is 73.1 Å². The first-order chi connectivity index (χ1) is 14.3. The quantitative estimate of drug-likeness (QED) is 0.244. The van der Waals surface area contributed by atoms with Gasteiger partial charge in [0.05, 0.1) is 14.7 Å². The monoisotopic (exact) mass is 510 g/mol. The molecule has 0 amide bonds. The first-order valence-corrected chi connectivity index (χ1v) is 14.0. The molecule has 0 aromatic heterocycles. The minimum atomic E-state index is -4.40. The van der Waals surface area contributed by atoms with Gasteiger partial charge in [0, 0.05) is 0 Å². The zero-order chi connectivity index (χ0) is 23.0. The molecule has 3 aromatic rings. The maximum absolute atomic E-state index is 11.3. The summed E-state index contributed by atoms with van der Waals surface area (Å²) < 4.78 is 95.4. The Balaban J connectivity index is 0.00000363. The first kappa shape index (κ1) is 26.7. The summed E-state index contributed by atoms with van der Waals surface area (Å²) in [6.45, 7) is 0. The second-order valence-corrected chi connectivity index (χ2v) is 12.7. The Morgan fingerprint density at radius 2 is 0.625 bits per heavy atom. The van der Waals surface area contributed by atoms with E-state index in [1.807, 2.05) is 0 Å². The predicted octanol–water partition coefficient (Wildman–Crippen LogP) is 0.536. The number of rotatable bonds is 6. The maximum atomic E-state index is 11.3. The van der Waals surface area contributed by atoms with E-state index in [0.29, 0.717) is 15.9 Å². The number of hydrogen-bond acceptors (Lipinski definition) is 6. The van der Waals surface area contributed by atoms with Crippen LogP contribution in [0.2, 0.25) is 0 Å². The van der Waals surface area contributed by atoms with Gasteiger partial charge in [-0.1, -0.05) is 36.4 Å². The molecular formula is C18H16LiO9PS3. The minimum absolute atomic E-state index is 0. The SMILES string of the molecule is O=S(=O)(O)c1ccc(P(c2ccc(S(=O)(=O)O)cc2)c2ccc(S(=O)(=O)O)cc2)cc1.[LiH]. The molecule has 9 nitrogen and oxygen atoms in total. The van der Waals surface area contributed by atoms with Gasteiger partial charge in [-0.25, -0.2) is 0 Å². The summed E-state index contributed by atoms with van der Waals surface area (Å²) in [4.78, 5) is -0.932. The van der Waals surface area contributed by atoms with Crippen molar-refractivity contribution in [1.82, 2.24) is 0 Å². The normalized spacial score (nSPS) is 12.4. The summed E-state index contributed by atoms with van der Waals surface area (Å²) in [6.07, 6.45) is 0. The van der Waals surface area contributed by atoms with Crippen LogP contribution in [0.25, 0.3) is 0 Å². The van der Waals surface area contributed by atoms with Crippen molar-refractivity contribution < 1.29 is 38.9 Å². The van der Waals surface area contributed by atoms with Crippen LogP contribution in [0.15, 0.2) is 87.5 Å². The van der Waals surface area contributed by atoms with Crippen molar-refractivity contribution in [2.75, 3.05) is 0 Å². The number of hydrogen-bond donors (Lipinski definition) is 3. The van der Waals surface area contributed by atoms with E-state index >= 15 is 0 Å². The van der Waals surface area contributed by atoms with Crippen LogP contribution in [-0.4, -0.2) is 57.8 Å². The molecular weight excluding hydrogens is 494 g/mol. The van der Waals surface area contributed by atoms with Crippen LogP contribution in [0.4, 0.5) is 0 Å². The van der Waals surface area contributed by atoms with E-state index in [0.717, 1.165) is 0 Å². The molecule has 32 heavy (non-hydrogen) atoms. The van der Waals surface area contributed by atoms with Gasteiger partial charge in [-0.05, 0) is 60.2 Å². The van der Waals surface area contributed by atoms with Gasteiger partial charge in [0.1, 0.15) is 0 Å². The van der Waals surface area contributed by atoms with Gasteiger partial charge in [0.2, 0.25) is 0 Å². The number of benzene rings is 3. The molecule has 14 heteroatoms. The van der Waals surface area contributed by atoms with Crippen LogP contribution < -0.4 is 15.9 Å². The van der Waals surface area contributed by atoms with Crippen LogP contribution in [0.3, 0.4) is 0 Å². The topological polar surface area (TPSA) is 163 Å². The average molecular weight is 510 g/mol. The molecule has 0 spiro atoms. The molecule has 0 atom stereocenters. The van der Waals surface area contributed by atoms with Crippen LogP contribution >= 0.6 is 7.92 Å². The van der Waals surface area contributed by atoms with Gasteiger partial charge in [-0.2, -0.15) is 25.3 Å². The van der Waals surface area contributed by atoms with Crippen LogP contribution in [-0.2, 0) is 30.4 Å². The predicted molar refractivity (Wildman–Crippen MR) is 122 cm³/mol. The Morgan fingerprint density at radius 1 is 0.438 bits per heavy atom. The molecule has 0 heterocycles. The molecule has 0 aliphatic rings. The average Bonchev–Trinajstić information content (AvgIpc) is 2.67. The summed E-state index contributed by atoms with van der Waals surface area (Å²) in [5.41, 5.74) is 0. The van der Waals surface area contributed by atoms with Crippen molar-refractivity contribution in [3.63, 3.8) is 0 Å². The Bertz CT molecular complexity index is 1240. The molecule has 0 unspecified atom stereocenters. The summed E-state index contributed by atoms with van der Waals surface area (Å²) in [5, 5.41) is 1.84. The van der Waals surface area contributed by atoms with Gasteiger partial charge in [-0.3, -0.25) is 13.7 Å². The third-order valence-corrected chi connectivity index (χ3v) is 9.23. The molecule has 3 N–H and O–H groups in total. The summed E-state index contributed by atoms with van der Waals surface area (Å²) in [5.74, 6) is 0. The zero-order valence-electron chi connectivity index (χ0n) is 15.4. The van der Waals surface area contributed by atoms with E-state index < -0.39 is 38.3 Å². The van der Waals surface area contributed by atoms with Crippen molar-refractivity contribution in [3.8, 4) is 0 Å². The van der Waals surface area contributed by atoms with Gasteiger partial charge in [0.15, 0.2) is 0 Å². The van der Waals surface area contributed by atoms with Crippen molar-refractivity contribution in [2.24, 2.45) is 0 Å². The Morgan fingerprint density at radius 3 is 0.781 bits per heavy atom. The van der Waals surface area contributed by atoms with E-state index in [-0.39, 0.29) is 33.5 Å². The third kappa shape index (κ3) is 6.26. The molecule has 0 aliphatic heterocycles. The standard InChI is InChI=1S/C18H15O9PS3.Li.H/c19-29(20,21)16-7-1-13(2-8-16)28(14-3-9-17(10-4-14)30(22,23)24)15-5-11-18(12-6-15)31(25,26)27;;/h1-12H,(H,19,20,21)(H,22,23,24)(H,25,26,27);;. The van der Waals surface area contributed by atoms with Crippen LogP contribution in [0.1, 0.15) is 0 Å². The van der Waals surface area contributed by atoms with E-state index in [9.17, 15) is 38.9 Å². The van der Waals surface area contributed by atoms with Gasteiger partial charge >= 0.3 is 18.9 Å². The third-order valence-electron chi connectivity index (χ3n) is 4.18. The van der Waals surface area contributed by atoms with Crippen molar-refractivity contribution in [3.05, 3.63) is 72.8 Å². The van der Waals surface area contributed by atoms with Crippen molar-refractivity contribution in [1.29, 1.82) is 0 Å². The van der Waals surface area contributed by atoms with Gasteiger partial charge in [0.25, 0.3) is 30.4 Å². The van der Waals surface area contributed by atoms with Gasteiger partial charge in [-0.15, -0.1) is 0 Å². The van der Waals surface area contributed by atoms with E-state index in [1.54, 1.807) is 0 Å². The Kier molecular flexibility index (Phi) is 8.11. The molecule has 0 bridgehead atoms. The summed E-state index contributed by atoms with van der Waals surface area (Å²) in [7, 11) is -14.6. The molecule has 0 fully saturated rings. The molecule has 0 saturated carbocycles. The second kappa shape index (κ2) is 9.73.